The summed E-state index contributed by atoms with van der Waals surface area (Å²) in [6.07, 6.45) is 6.56. The molecule has 0 amide bonds. The summed E-state index contributed by atoms with van der Waals surface area (Å²) in [5.74, 6) is 0.882. The van der Waals surface area contributed by atoms with Gasteiger partial charge in [-0.3, -0.25) is 0 Å². The number of nitrogens with one attached hydrogen (secondary N) is 2. The van der Waals surface area contributed by atoms with Gasteiger partial charge in [-0.15, -0.1) is 0 Å². The van der Waals surface area contributed by atoms with Gasteiger partial charge in [0.15, 0.2) is 5.96 Å². The predicted molar refractivity (Wildman–Crippen MR) is 109 cm³/mol. The van der Waals surface area contributed by atoms with Crippen LogP contribution in [0.4, 0.5) is 0 Å². The van der Waals surface area contributed by atoms with E-state index >= 15 is 0 Å². The Morgan fingerprint density at radius 1 is 1.18 bits per heavy atom. The van der Waals surface area contributed by atoms with Crippen LogP contribution in [0, 0.1) is 0 Å². The van der Waals surface area contributed by atoms with Gasteiger partial charge in [-0.2, -0.15) is 0 Å². The first-order valence-corrected chi connectivity index (χ1v) is 10.8. The molecule has 0 aromatic heterocycles. The van der Waals surface area contributed by atoms with Gasteiger partial charge in [-0.25, -0.2) is 4.99 Å². The van der Waals surface area contributed by atoms with E-state index in [0.29, 0.717) is 37.5 Å². The Bertz CT molecular complexity index is 660. The molecule has 1 aromatic rings. The molecule has 3 aliphatic heterocycles. The lowest BCUT2D eigenvalue weighted by Gasteiger charge is -2.23. The highest BCUT2D eigenvalue weighted by atomic mass is 16.5. The van der Waals surface area contributed by atoms with Crippen LogP contribution in [0.25, 0.3) is 0 Å². The molecule has 3 aliphatic rings. The van der Waals surface area contributed by atoms with Crippen molar-refractivity contribution >= 4 is 5.96 Å². The van der Waals surface area contributed by atoms with Crippen molar-refractivity contribution in [3.8, 4) is 0 Å². The molecule has 1 aromatic carbocycles. The zero-order valence-electron chi connectivity index (χ0n) is 16.9. The summed E-state index contributed by atoms with van der Waals surface area (Å²) in [4.78, 5) is 4.80. The maximum atomic E-state index is 6.05. The van der Waals surface area contributed by atoms with Gasteiger partial charge in [0, 0.05) is 19.8 Å². The summed E-state index contributed by atoms with van der Waals surface area (Å²) in [5, 5.41) is 6.95. The molecule has 3 fully saturated rings. The molecule has 0 radical (unpaired) electrons. The summed E-state index contributed by atoms with van der Waals surface area (Å²) in [6, 6.07) is 8.94. The molecule has 154 valence electrons. The molecule has 2 bridgehead atoms. The predicted octanol–water partition coefficient (Wildman–Crippen LogP) is 2.76. The van der Waals surface area contributed by atoms with Gasteiger partial charge in [-0.1, -0.05) is 24.3 Å². The number of fused-ring (bicyclic) bond motifs is 2. The van der Waals surface area contributed by atoms with Crippen LogP contribution in [0.5, 0.6) is 0 Å². The van der Waals surface area contributed by atoms with Crippen molar-refractivity contribution in [2.45, 2.75) is 76.5 Å². The molecule has 3 saturated heterocycles. The highest BCUT2D eigenvalue weighted by Gasteiger charge is 2.41. The highest BCUT2D eigenvalue weighted by molar-refractivity contribution is 5.80. The Labute approximate surface area is 168 Å². The maximum Gasteiger partial charge on any atom is 0.191 e. The highest BCUT2D eigenvalue weighted by Crippen LogP contribution is 2.34. The number of aliphatic imine (C=N–C) groups is 1. The van der Waals surface area contributed by atoms with Gasteiger partial charge < -0.3 is 24.8 Å². The third kappa shape index (κ3) is 5.25. The van der Waals surface area contributed by atoms with Crippen molar-refractivity contribution in [2.24, 2.45) is 4.99 Å². The van der Waals surface area contributed by atoms with E-state index in [1.807, 2.05) is 0 Å². The van der Waals surface area contributed by atoms with E-state index < -0.39 is 0 Å². The monoisotopic (exact) mass is 387 g/mol. The quantitative estimate of drug-likeness (QED) is 0.556. The Balaban J connectivity index is 1.31. The third-order valence-electron chi connectivity index (χ3n) is 5.84. The lowest BCUT2D eigenvalue weighted by atomic mass is 9.96. The SMILES string of the molecule is CCNC(=NCc1cccc(COC2CCOCC2)c1)NC1CC2CCC1O2. The topological polar surface area (TPSA) is 64.1 Å². The second kappa shape index (κ2) is 9.72. The first-order valence-electron chi connectivity index (χ1n) is 10.8. The Hall–Kier alpha value is -1.63. The number of benzene rings is 1. The van der Waals surface area contributed by atoms with Crippen LogP contribution >= 0.6 is 0 Å². The standard InChI is InChI=1S/C22H33N3O3/c1-2-23-22(25-20-13-19-6-7-21(20)28-19)24-14-16-4-3-5-17(12-16)15-27-18-8-10-26-11-9-18/h3-5,12,18-21H,2,6-11,13-15H2,1H3,(H2,23,24,25). The Morgan fingerprint density at radius 2 is 2.04 bits per heavy atom. The molecule has 2 N–H and O–H groups in total. The first-order chi connectivity index (χ1) is 13.8. The van der Waals surface area contributed by atoms with Crippen molar-refractivity contribution in [3.63, 3.8) is 0 Å². The van der Waals surface area contributed by atoms with Crippen molar-refractivity contribution in [1.29, 1.82) is 0 Å². The molecule has 0 spiro atoms. The number of hydrogen-bond donors (Lipinski definition) is 2. The molecule has 6 heteroatoms. The van der Waals surface area contributed by atoms with Crippen LogP contribution in [0.15, 0.2) is 29.3 Å². The minimum atomic E-state index is 0.323. The van der Waals surface area contributed by atoms with Gasteiger partial charge in [0.2, 0.25) is 0 Å². The lowest BCUT2D eigenvalue weighted by Crippen LogP contribution is -2.47. The van der Waals surface area contributed by atoms with Crippen molar-refractivity contribution in [1.82, 2.24) is 10.6 Å². The number of nitrogens with zero attached hydrogens (tertiary/aromatic N) is 1. The van der Waals surface area contributed by atoms with E-state index in [-0.39, 0.29) is 0 Å². The molecule has 0 aliphatic carbocycles. The average Bonchev–Trinajstić information content (AvgIpc) is 3.35. The minimum Gasteiger partial charge on any atom is -0.381 e. The fraction of sp³-hybridized carbons (Fsp3) is 0.682. The second-order valence-corrected chi connectivity index (χ2v) is 8.00. The smallest absolute Gasteiger partial charge is 0.191 e. The van der Waals surface area contributed by atoms with Gasteiger partial charge in [0.25, 0.3) is 0 Å². The van der Waals surface area contributed by atoms with Crippen LogP contribution in [0.1, 0.15) is 50.2 Å². The van der Waals surface area contributed by atoms with E-state index in [2.05, 4.69) is 41.8 Å². The van der Waals surface area contributed by atoms with Crippen LogP contribution in [-0.2, 0) is 27.4 Å². The zero-order valence-corrected chi connectivity index (χ0v) is 16.9. The van der Waals surface area contributed by atoms with Crippen molar-refractivity contribution < 1.29 is 14.2 Å². The Morgan fingerprint density at radius 3 is 2.79 bits per heavy atom. The van der Waals surface area contributed by atoms with Crippen molar-refractivity contribution in [2.75, 3.05) is 19.8 Å². The molecular formula is C22H33N3O3. The van der Waals surface area contributed by atoms with E-state index in [1.165, 1.54) is 17.5 Å². The largest absolute Gasteiger partial charge is 0.381 e. The molecule has 28 heavy (non-hydrogen) atoms. The molecule has 3 unspecified atom stereocenters. The molecular weight excluding hydrogens is 354 g/mol. The van der Waals surface area contributed by atoms with E-state index in [1.54, 1.807) is 0 Å². The zero-order chi connectivity index (χ0) is 19.2. The van der Waals surface area contributed by atoms with Gasteiger partial charge in [0.05, 0.1) is 37.5 Å². The van der Waals surface area contributed by atoms with Crippen LogP contribution < -0.4 is 10.6 Å². The number of guanidine groups is 1. The van der Waals surface area contributed by atoms with E-state index in [0.717, 1.165) is 51.4 Å². The lowest BCUT2D eigenvalue weighted by molar-refractivity contribution is -0.0390. The maximum absolute atomic E-state index is 6.05. The van der Waals surface area contributed by atoms with Gasteiger partial charge >= 0.3 is 0 Å². The summed E-state index contributed by atoms with van der Waals surface area (Å²) < 4.78 is 17.4. The minimum absolute atomic E-state index is 0.323. The fourth-order valence-electron chi connectivity index (χ4n) is 4.33. The van der Waals surface area contributed by atoms with E-state index in [4.69, 9.17) is 19.2 Å². The number of hydrogen-bond acceptors (Lipinski definition) is 4. The van der Waals surface area contributed by atoms with Gasteiger partial charge in [-0.05, 0) is 50.2 Å². The summed E-state index contributed by atoms with van der Waals surface area (Å²) in [7, 11) is 0. The van der Waals surface area contributed by atoms with Crippen LogP contribution in [0.2, 0.25) is 0 Å². The number of rotatable bonds is 7. The molecule has 6 nitrogen and oxygen atoms in total. The molecule has 4 rings (SSSR count). The normalized spacial score (nSPS) is 27.9. The summed E-state index contributed by atoms with van der Waals surface area (Å²) >= 11 is 0. The molecule has 3 heterocycles. The van der Waals surface area contributed by atoms with Gasteiger partial charge in [0.1, 0.15) is 0 Å². The van der Waals surface area contributed by atoms with Crippen LogP contribution in [-0.4, -0.2) is 50.1 Å². The first kappa shape index (κ1) is 19.7. The van der Waals surface area contributed by atoms with Crippen molar-refractivity contribution in [3.05, 3.63) is 35.4 Å². The summed E-state index contributed by atoms with van der Waals surface area (Å²) in [6.45, 7) is 5.89. The molecule has 3 atom stereocenters. The number of ether oxygens (including phenoxy) is 3. The van der Waals surface area contributed by atoms with Crippen LogP contribution in [0.3, 0.4) is 0 Å². The average molecular weight is 388 g/mol. The second-order valence-electron chi connectivity index (χ2n) is 8.00. The fourth-order valence-corrected chi connectivity index (χ4v) is 4.33. The Kier molecular flexibility index (Phi) is 6.83. The van der Waals surface area contributed by atoms with E-state index in [9.17, 15) is 0 Å². The third-order valence-corrected chi connectivity index (χ3v) is 5.84. The molecule has 0 saturated carbocycles. The summed E-state index contributed by atoms with van der Waals surface area (Å²) in [5.41, 5.74) is 2.41.